The summed E-state index contributed by atoms with van der Waals surface area (Å²) in [5.74, 6) is 0.395. The second-order valence-corrected chi connectivity index (χ2v) is 11.3. The van der Waals surface area contributed by atoms with Crippen molar-refractivity contribution in [2.75, 3.05) is 13.2 Å². The highest BCUT2D eigenvalue weighted by molar-refractivity contribution is 5.73. The summed E-state index contributed by atoms with van der Waals surface area (Å²) in [6.07, 6.45) is 7.16. The van der Waals surface area contributed by atoms with Gasteiger partial charge in [0.25, 0.3) is 0 Å². The van der Waals surface area contributed by atoms with Gasteiger partial charge in [-0.2, -0.15) is 0 Å². The topological polar surface area (TPSA) is 54.0 Å². The van der Waals surface area contributed by atoms with Gasteiger partial charge in [-0.05, 0) is 64.2 Å². The molecule has 2 aliphatic carbocycles. The first kappa shape index (κ1) is 19.3. The number of fused-ring (bicyclic) bond motifs is 4. The SMILES string of the molecule is C[C@H]1CC[C@H]2[C@]3(C)COC(C)(C)O[C@@H]3CC[C@]2(C)[C@]12CC[C@]1(COC(=O)C1)O2. The first-order chi connectivity index (χ1) is 13.0. The standard InChI is InChI=1S/C23H36O5/c1-15-6-7-16-20(4)13-26-19(2,3)27-17(20)8-9-21(16,5)23(15)11-10-22(28-23)12-18(24)25-14-22/h15-17H,6-14H2,1-5H3/t15-,16-,17+,20-,21-,22-,23-/m0/s1. The average Bonchev–Trinajstić information content (AvgIpc) is 3.18. The number of carbonyl (C=O) groups excluding carboxylic acids is 1. The highest BCUT2D eigenvalue weighted by Gasteiger charge is 2.70. The van der Waals surface area contributed by atoms with Crippen molar-refractivity contribution in [3.05, 3.63) is 0 Å². The molecule has 3 saturated heterocycles. The number of rotatable bonds is 0. The van der Waals surface area contributed by atoms with Crippen molar-refractivity contribution >= 4 is 5.97 Å². The van der Waals surface area contributed by atoms with Crippen LogP contribution in [0.25, 0.3) is 0 Å². The Balaban J connectivity index is 1.51. The molecule has 3 aliphatic heterocycles. The van der Waals surface area contributed by atoms with Crippen LogP contribution in [-0.4, -0.2) is 42.3 Å². The van der Waals surface area contributed by atoms with Gasteiger partial charge in [0.1, 0.15) is 12.2 Å². The van der Waals surface area contributed by atoms with E-state index in [2.05, 4.69) is 20.8 Å². The third kappa shape index (κ3) is 2.39. The molecule has 28 heavy (non-hydrogen) atoms. The van der Waals surface area contributed by atoms with Crippen molar-refractivity contribution in [2.45, 2.75) is 103 Å². The predicted molar refractivity (Wildman–Crippen MR) is 104 cm³/mol. The van der Waals surface area contributed by atoms with E-state index in [1.165, 1.54) is 6.42 Å². The molecule has 0 bridgehead atoms. The molecule has 2 saturated carbocycles. The summed E-state index contributed by atoms with van der Waals surface area (Å²) >= 11 is 0. The molecule has 5 aliphatic rings. The summed E-state index contributed by atoms with van der Waals surface area (Å²) in [6.45, 7) is 12.5. The smallest absolute Gasteiger partial charge is 0.308 e. The van der Waals surface area contributed by atoms with Crippen LogP contribution in [-0.2, 0) is 23.7 Å². The third-order valence-corrected chi connectivity index (χ3v) is 9.35. The largest absolute Gasteiger partial charge is 0.463 e. The lowest BCUT2D eigenvalue weighted by Crippen LogP contribution is -2.68. The molecule has 0 N–H and O–H groups in total. The number of hydrogen-bond acceptors (Lipinski definition) is 5. The Morgan fingerprint density at radius 1 is 0.964 bits per heavy atom. The van der Waals surface area contributed by atoms with Gasteiger partial charge in [-0.25, -0.2) is 0 Å². The van der Waals surface area contributed by atoms with Gasteiger partial charge in [0.05, 0.1) is 24.7 Å². The quantitative estimate of drug-likeness (QED) is 0.578. The highest BCUT2D eigenvalue weighted by atomic mass is 16.7. The molecule has 0 amide bonds. The van der Waals surface area contributed by atoms with Gasteiger partial charge in [-0.3, -0.25) is 4.79 Å². The van der Waals surface area contributed by atoms with E-state index >= 15 is 0 Å². The summed E-state index contributed by atoms with van der Waals surface area (Å²) in [5, 5.41) is 0. The van der Waals surface area contributed by atoms with Crippen LogP contribution in [0.1, 0.15) is 79.6 Å². The van der Waals surface area contributed by atoms with Crippen molar-refractivity contribution < 1.29 is 23.7 Å². The van der Waals surface area contributed by atoms with Crippen LogP contribution in [0.3, 0.4) is 0 Å². The highest BCUT2D eigenvalue weighted by Crippen LogP contribution is 2.69. The molecule has 0 aromatic heterocycles. The molecule has 5 rings (SSSR count). The molecular weight excluding hydrogens is 356 g/mol. The second kappa shape index (κ2) is 5.73. The first-order valence-corrected chi connectivity index (χ1v) is 11.2. The van der Waals surface area contributed by atoms with E-state index in [-0.39, 0.29) is 28.5 Å². The zero-order chi connectivity index (χ0) is 20.0. The van der Waals surface area contributed by atoms with E-state index in [1.807, 2.05) is 13.8 Å². The van der Waals surface area contributed by atoms with Crippen LogP contribution in [0.2, 0.25) is 0 Å². The molecule has 0 aromatic rings. The van der Waals surface area contributed by atoms with E-state index in [0.29, 0.717) is 24.9 Å². The minimum absolute atomic E-state index is 0.0107. The minimum atomic E-state index is -0.493. The van der Waals surface area contributed by atoms with Gasteiger partial charge in [0.2, 0.25) is 0 Å². The Labute approximate surface area is 168 Å². The van der Waals surface area contributed by atoms with Crippen LogP contribution in [0.15, 0.2) is 0 Å². The summed E-state index contributed by atoms with van der Waals surface area (Å²) in [6, 6.07) is 0. The van der Waals surface area contributed by atoms with Gasteiger partial charge >= 0.3 is 5.97 Å². The number of carbonyl (C=O) groups is 1. The van der Waals surface area contributed by atoms with E-state index in [0.717, 1.165) is 38.7 Å². The third-order valence-electron chi connectivity index (χ3n) is 9.35. The Morgan fingerprint density at radius 2 is 1.75 bits per heavy atom. The number of cyclic esters (lactones) is 1. The van der Waals surface area contributed by atoms with Gasteiger partial charge in [0, 0.05) is 10.8 Å². The fraction of sp³-hybridized carbons (Fsp3) is 0.957. The van der Waals surface area contributed by atoms with Crippen molar-refractivity contribution in [1.82, 2.24) is 0 Å². The lowest BCUT2D eigenvalue weighted by atomic mass is 9.43. The normalized spacial score (nSPS) is 55.2. The molecule has 3 heterocycles. The Kier molecular flexibility index (Phi) is 3.96. The number of ether oxygens (including phenoxy) is 4. The second-order valence-electron chi connectivity index (χ2n) is 11.3. The van der Waals surface area contributed by atoms with E-state index in [9.17, 15) is 4.79 Å². The lowest BCUT2D eigenvalue weighted by Gasteiger charge is -2.67. The maximum atomic E-state index is 11.9. The van der Waals surface area contributed by atoms with Crippen LogP contribution in [0, 0.1) is 22.7 Å². The Morgan fingerprint density at radius 3 is 2.46 bits per heavy atom. The minimum Gasteiger partial charge on any atom is -0.463 e. The number of hydrogen-bond donors (Lipinski definition) is 0. The molecule has 2 spiro atoms. The Bertz CT molecular complexity index is 690. The summed E-state index contributed by atoms with van der Waals surface area (Å²) in [7, 11) is 0. The monoisotopic (exact) mass is 392 g/mol. The van der Waals surface area contributed by atoms with Crippen LogP contribution in [0.5, 0.6) is 0 Å². The van der Waals surface area contributed by atoms with Crippen molar-refractivity contribution in [2.24, 2.45) is 22.7 Å². The van der Waals surface area contributed by atoms with Crippen molar-refractivity contribution in [3.8, 4) is 0 Å². The summed E-state index contributed by atoms with van der Waals surface area (Å²) in [5.41, 5.74) is -0.490. The molecule has 0 aromatic carbocycles. The van der Waals surface area contributed by atoms with Crippen LogP contribution >= 0.6 is 0 Å². The zero-order valence-electron chi connectivity index (χ0n) is 18.1. The predicted octanol–water partition coefficient (Wildman–Crippen LogP) is 4.23. The molecule has 7 atom stereocenters. The lowest BCUT2D eigenvalue weighted by molar-refractivity contribution is -0.358. The van der Waals surface area contributed by atoms with Crippen molar-refractivity contribution in [3.63, 3.8) is 0 Å². The van der Waals surface area contributed by atoms with Gasteiger partial charge < -0.3 is 18.9 Å². The van der Waals surface area contributed by atoms with Crippen LogP contribution < -0.4 is 0 Å². The molecular formula is C23H36O5. The van der Waals surface area contributed by atoms with Gasteiger partial charge in [-0.1, -0.05) is 20.8 Å². The summed E-state index contributed by atoms with van der Waals surface area (Å²) < 4.78 is 25.0. The fourth-order valence-corrected chi connectivity index (χ4v) is 7.80. The van der Waals surface area contributed by atoms with E-state index < -0.39 is 11.4 Å². The van der Waals surface area contributed by atoms with Crippen LogP contribution in [0.4, 0.5) is 0 Å². The molecule has 5 heteroatoms. The summed E-state index contributed by atoms with van der Waals surface area (Å²) in [4.78, 5) is 11.9. The van der Waals surface area contributed by atoms with Gasteiger partial charge in [-0.15, -0.1) is 0 Å². The maximum Gasteiger partial charge on any atom is 0.308 e. The number of esters is 1. The molecule has 0 radical (unpaired) electrons. The van der Waals surface area contributed by atoms with Crippen molar-refractivity contribution in [1.29, 1.82) is 0 Å². The van der Waals surface area contributed by atoms with E-state index in [4.69, 9.17) is 18.9 Å². The molecule has 5 fully saturated rings. The zero-order valence-corrected chi connectivity index (χ0v) is 18.1. The average molecular weight is 393 g/mol. The maximum absolute atomic E-state index is 11.9. The molecule has 158 valence electrons. The Hall–Kier alpha value is -0.650. The van der Waals surface area contributed by atoms with Gasteiger partial charge in [0.15, 0.2) is 5.79 Å². The first-order valence-electron chi connectivity index (χ1n) is 11.2. The van der Waals surface area contributed by atoms with E-state index in [1.54, 1.807) is 0 Å². The fourth-order valence-electron chi connectivity index (χ4n) is 7.80. The molecule has 5 nitrogen and oxygen atoms in total. The molecule has 0 unspecified atom stereocenters.